The molecule has 2 radical (unpaired) electrons. The SMILES string of the molecule is [B][C@@H]1O[C@H](C(O)C(O)P(=O)(OCC)OCC)CC1O[Si](C)(C)C(C)(C)C. The van der Waals surface area contributed by atoms with Gasteiger partial charge in [-0.15, -0.1) is 0 Å². The van der Waals surface area contributed by atoms with Gasteiger partial charge >= 0.3 is 7.60 Å². The van der Waals surface area contributed by atoms with Crippen molar-refractivity contribution in [2.75, 3.05) is 13.2 Å². The summed E-state index contributed by atoms with van der Waals surface area (Å²) in [5, 5.41) is 20.9. The highest BCUT2D eigenvalue weighted by Crippen LogP contribution is 2.54. The number of aliphatic hydroxyl groups excluding tert-OH is 2. The fourth-order valence-electron chi connectivity index (χ4n) is 2.53. The van der Waals surface area contributed by atoms with E-state index in [0.717, 1.165) is 0 Å². The Kier molecular flexibility index (Phi) is 8.58. The molecule has 0 aromatic rings. The first kappa shape index (κ1) is 24.3. The summed E-state index contributed by atoms with van der Waals surface area (Å²) in [5.74, 6) is -1.72. The lowest BCUT2D eigenvalue weighted by atomic mass is 9.94. The monoisotopic (exact) mass is 408 g/mol. The lowest BCUT2D eigenvalue weighted by Gasteiger charge is -2.39. The summed E-state index contributed by atoms with van der Waals surface area (Å²) in [6.45, 7) is 14.0. The first-order chi connectivity index (χ1) is 11.8. The van der Waals surface area contributed by atoms with Gasteiger partial charge < -0.3 is 28.4 Å². The van der Waals surface area contributed by atoms with E-state index >= 15 is 0 Å². The molecule has 3 unspecified atom stereocenters. The summed E-state index contributed by atoms with van der Waals surface area (Å²) in [7, 11) is 0.0879. The van der Waals surface area contributed by atoms with Crippen LogP contribution in [0.2, 0.25) is 18.1 Å². The molecule has 1 heterocycles. The average molecular weight is 408 g/mol. The van der Waals surface area contributed by atoms with Crippen molar-refractivity contribution in [1.29, 1.82) is 0 Å². The first-order valence-corrected chi connectivity index (χ1v) is 13.6. The zero-order valence-electron chi connectivity index (χ0n) is 17.0. The number of hydrogen-bond acceptors (Lipinski definition) is 7. The molecule has 0 amide bonds. The predicted octanol–water partition coefficient (Wildman–Crippen LogP) is 2.61. The number of rotatable bonds is 9. The van der Waals surface area contributed by atoms with Crippen LogP contribution >= 0.6 is 7.60 Å². The van der Waals surface area contributed by atoms with Crippen molar-refractivity contribution in [3.05, 3.63) is 0 Å². The molecule has 7 nitrogen and oxygen atoms in total. The minimum Gasteiger partial charge on any atom is -0.412 e. The standard InChI is InChI=1S/C16H34BO7PSi/c1-8-21-25(20,22-9-2)15(19)13(18)11-10-12(14(17)23-11)24-26(6,7)16(3,4)5/h11-15,18-19H,8-10H2,1-7H3/t11-,12?,13?,14+,15?/m0/s1. The molecule has 0 saturated carbocycles. The summed E-state index contributed by atoms with van der Waals surface area (Å²) in [6, 6.07) is -0.727. The third-order valence-electron chi connectivity index (χ3n) is 5.04. The largest absolute Gasteiger partial charge is 0.412 e. The van der Waals surface area contributed by atoms with Gasteiger partial charge in [0.15, 0.2) is 14.2 Å². The van der Waals surface area contributed by atoms with Gasteiger partial charge in [-0.1, -0.05) is 20.8 Å². The van der Waals surface area contributed by atoms with Crippen LogP contribution in [0, 0.1) is 0 Å². The predicted molar refractivity (Wildman–Crippen MR) is 104 cm³/mol. The zero-order valence-corrected chi connectivity index (χ0v) is 18.9. The Hall–Kier alpha value is 0.272. The lowest BCUT2D eigenvalue weighted by Crippen LogP contribution is -2.46. The van der Waals surface area contributed by atoms with E-state index in [0.29, 0.717) is 6.42 Å². The van der Waals surface area contributed by atoms with Crippen LogP contribution in [0.15, 0.2) is 0 Å². The van der Waals surface area contributed by atoms with Gasteiger partial charge in [-0.2, -0.15) is 0 Å². The van der Waals surface area contributed by atoms with Crippen LogP contribution in [0.3, 0.4) is 0 Å². The molecule has 1 saturated heterocycles. The maximum Gasteiger partial charge on any atom is 0.361 e. The average Bonchev–Trinajstić information content (AvgIpc) is 2.85. The maximum atomic E-state index is 12.7. The number of hydrogen-bond donors (Lipinski definition) is 2. The van der Waals surface area contributed by atoms with Gasteiger partial charge in [-0.3, -0.25) is 4.57 Å². The Morgan fingerprint density at radius 3 is 2.15 bits per heavy atom. The van der Waals surface area contributed by atoms with Crippen molar-refractivity contribution in [3.63, 3.8) is 0 Å². The second-order valence-corrected chi connectivity index (χ2v) is 15.0. The molecule has 26 heavy (non-hydrogen) atoms. The molecule has 0 aromatic heterocycles. The van der Waals surface area contributed by atoms with E-state index in [4.69, 9.17) is 26.1 Å². The highest BCUT2D eigenvalue weighted by molar-refractivity contribution is 7.54. The maximum absolute atomic E-state index is 12.7. The quantitative estimate of drug-likeness (QED) is 0.447. The van der Waals surface area contributed by atoms with E-state index in [9.17, 15) is 14.8 Å². The van der Waals surface area contributed by atoms with E-state index in [1.807, 2.05) is 0 Å². The van der Waals surface area contributed by atoms with Gasteiger partial charge in [0.25, 0.3) is 0 Å². The molecule has 2 N–H and O–H groups in total. The van der Waals surface area contributed by atoms with Gasteiger partial charge in [-0.05, 0) is 32.0 Å². The van der Waals surface area contributed by atoms with Crippen LogP contribution in [-0.4, -0.2) is 69.8 Å². The van der Waals surface area contributed by atoms with Gasteiger partial charge in [0, 0.05) is 12.4 Å². The first-order valence-electron chi connectivity index (χ1n) is 9.12. The van der Waals surface area contributed by atoms with E-state index in [1.165, 1.54) is 0 Å². The summed E-state index contributed by atoms with van der Waals surface area (Å²) in [6.07, 6.45) is -2.38. The van der Waals surface area contributed by atoms with Crippen LogP contribution in [-0.2, 0) is 22.8 Å². The molecule has 1 aliphatic heterocycles. The van der Waals surface area contributed by atoms with Gasteiger partial charge in [0.1, 0.15) is 14.0 Å². The molecule has 1 fully saturated rings. The minimum absolute atomic E-state index is 0.00255. The van der Waals surface area contributed by atoms with E-state index in [-0.39, 0.29) is 18.3 Å². The van der Waals surface area contributed by atoms with Gasteiger partial charge in [0.2, 0.25) is 0 Å². The minimum atomic E-state index is -3.87. The summed E-state index contributed by atoms with van der Waals surface area (Å²) in [4.78, 5) is 0. The molecule has 0 aromatic carbocycles. The van der Waals surface area contributed by atoms with Crippen LogP contribution in [0.1, 0.15) is 41.0 Å². The molecule has 5 atom stereocenters. The molecule has 0 bridgehead atoms. The fraction of sp³-hybridized carbons (Fsp3) is 1.00. The highest BCUT2D eigenvalue weighted by atomic mass is 31.2. The van der Waals surface area contributed by atoms with Crippen molar-refractivity contribution in [2.24, 2.45) is 0 Å². The number of ether oxygens (including phenoxy) is 1. The smallest absolute Gasteiger partial charge is 0.361 e. The van der Waals surface area contributed by atoms with Crippen molar-refractivity contribution >= 4 is 23.8 Å². The number of aliphatic hydroxyl groups is 2. The zero-order chi connectivity index (χ0) is 20.3. The molecule has 1 rings (SSSR count). The Balaban J connectivity index is 2.84. The van der Waals surface area contributed by atoms with Crippen molar-refractivity contribution in [1.82, 2.24) is 0 Å². The fourth-order valence-corrected chi connectivity index (χ4v) is 5.53. The van der Waals surface area contributed by atoms with Crippen LogP contribution in [0.5, 0.6) is 0 Å². The molecule has 0 spiro atoms. The van der Waals surface area contributed by atoms with E-state index in [2.05, 4.69) is 33.9 Å². The Bertz CT molecular complexity index is 489. The molecule has 0 aliphatic carbocycles. The second kappa shape index (κ2) is 9.18. The Morgan fingerprint density at radius 1 is 1.23 bits per heavy atom. The Morgan fingerprint density at radius 2 is 1.73 bits per heavy atom. The molecule has 152 valence electrons. The van der Waals surface area contributed by atoms with Gasteiger partial charge in [-0.25, -0.2) is 0 Å². The van der Waals surface area contributed by atoms with Crippen molar-refractivity contribution < 1.29 is 33.0 Å². The van der Waals surface area contributed by atoms with E-state index < -0.39 is 46.1 Å². The van der Waals surface area contributed by atoms with Crippen molar-refractivity contribution in [3.8, 4) is 0 Å². The molecular weight excluding hydrogens is 374 g/mol. The summed E-state index contributed by atoms with van der Waals surface area (Å²) < 4.78 is 34.8. The molecular formula is C16H34BO7PSi. The van der Waals surface area contributed by atoms with Gasteiger partial charge in [0.05, 0.1) is 25.4 Å². The third kappa shape index (κ3) is 5.64. The normalized spacial score (nSPS) is 27.5. The van der Waals surface area contributed by atoms with Crippen LogP contribution in [0.4, 0.5) is 0 Å². The Labute approximate surface area is 159 Å². The lowest BCUT2D eigenvalue weighted by molar-refractivity contribution is -0.0586. The van der Waals surface area contributed by atoms with E-state index in [1.54, 1.807) is 13.8 Å². The summed E-state index contributed by atoms with van der Waals surface area (Å²) >= 11 is 0. The molecule has 1 aliphatic rings. The van der Waals surface area contributed by atoms with Crippen LogP contribution in [0.25, 0.3) is 0 Å². The third-order valence-corrected chi connectivity index (χ3v) is 11.7. The highest BCUT2D eigenvalue weighted by Gasteiger charge is 2.49. The second-order valence-electron chi connectivity index (χ2n) is 8.07. The van der Waals surface area contributed by atoms with Crippen molar-refractivity contribution in [2.45, 2.75) is 89.3 Å². The summed E-state index contributed by atoms with van der Waals surface area (Å²) in [5.41, 5.74) is 0. The topological polar surface area (TPSA) is 94.5 Å². The van der Waals surface area contributed by atoms with Crippen LogP contribution < -0.4 is 0 Å². The molecule has 10 heteroatoms.